The van der Waals surface area contributed by atoms with Gasteiger partial charge in [0.05, 0.1) is 0 Å². The van der Waals surface area contributed by atoms with E-state index in [-0.39, 0.29) is 5.41 Å². The molecule has 1 N–H and O–H groups in total. The number of allylic oxidation sites excluding steroid dienone is 1. The van der Waals surface area contributed by atoms with Crippen LogP contribution in [0.2, 0.25) is 0 Å². The summed E-state index contributed by atoms with van der Waals surface area (Å²) in [7, 11) is 0. The molecule has 0 unspecified atom stereocenters. The van der Waals surface area contributed by atoms with Gasteiger partial charge in [0.2, 0.25) is 0 Å². The third-order valence-corrected chi connectivity index (χ3v) is 1.82. The van der Waals surface area contributed by atoms with Crippen molar-refractivity contribution in [3.05, 3.63) is 24.4 Å². The monoisotopic (exact) mass is 239 g/mol. The number of carbonyl (C=O) groups is 1. The van der Waals surface area contributed by atoms with Crippen molar-refractivity contribution in [1.82, 2.24) is 5.32 Å². The number of rotatable bonds is 3. The second kappa shape index (κ2) is 5.39. The summed E-state index contributed by atoms with van der Waals surface area (Å²) < 4.78 is 5.14. The van der Waals surface area contributed by atoms with E-state index in [1.807, 2.05) is 20.8 Å². The van der Waals surface area contributed by atoms with E-state index in [0.717, 1.165) is 12.0 Å². The molecule has 0 aliphatic rings. The first kappa shape index (κ1) is 15.8. The summed E-state index contributed by atoms with van der Waals surface area (Å²) in [6, 6.07) is 0. The molecule has 0 heterocycles. The highest BCUT2D eigenvalue weighted by Crippen LogP contribution is 2.25. The molecular weight excluding hydrogens is 214 g/mol. The van der Waals surface area contributed by atoms with Gasteiger partial charge in [-0.3, -0.25) is 5.32 Å². The Morgan fingerprint density at radius 2 is 1.59 bits per heavy atom. The molecule has 0 aromatic carbocycles. The second-order valence-electron chi connectivity index (χ2n) is 6.45. The molecule has 0 atom stereocenters. The maximum absolute atomic E-state index is 11.5. The van der Waals surface area contributed by atoms with E-state index < -0.39 is 11.7 Å². The topological polar surface area (TPSA) is 38.3 Å². The highest BCUT2D eigenvalue weighted by molar-refractivity contribution is 5.71. The van der Waals surface area contributed by atoms with Gasteiger partial charge in [-0.15, -0.1) is 0 Å². The molecule has 98 valence electrons. The van der Waals surface area contributed by atoms with Crippen molar-refractivity contribution in [3.8, 4) is 0 Å². The first-order valence-corrected chi connectivity index (χ1v) is 5.78. The predicted molar refractivity (Wildman–Crippen MR) is 71.7 cm³/mol. The molecule has 0 rings (SSSR count). The number of hydrogen-bond acceptors (Lipinski definition) is 2. The lowest BCUT2D eigenvalue weighted by molar-refractivity contribution is 0.0547. The zero-order valence-electron chi connectivity index (χ0n) is 11.9. The molecule has 0 aromatic rings. The second-order valence-corrected chi connectivity index (χ2v) is 6.45. The molecule has 3 heteroatoms. The normalized spacial score (nSPS) is 11.9. The molecule has 1 amide bonds. The van der Waals surface area contributed by atoms with Gasteiger partial charge in [0, 0.05) is 5.70 Å². The molecule has 0 fully saturated rings. The lowest BCUT2D eigenvalue weighted by atomic mass is 9.87. The maximum Gasteiger partial charge on any atom is 0.412 e. The van der Waals surface area contributed by atoms with Crippen LogP contribution in [0.3, 0.4) is 0 Å². The summed E-state index contributed by atoms with van der Waals surface area (Å²) in [6.45, 7) is 19.5. The standard InChI is InChI=1S/C14H25NO2/c1-10(9-13(3,4)5)11(2)15-12(16)17-14(6,7)8/h1-2,9H2,3-8H3,(H,15,16). The van der Waals surface area contributed by atoms with Gasteiger partial charge in [0.15, 0.2) is 0 Å². The average molecular weight is 239 g/mol. The van der Waals surface area contributed by atoms with Crippen molar-refractivity contribution in [2.45, 2.75) is 53.6 Å². The zero-order valence-corrected chi connectivity index (χ0v) is 11.9. The highest BCUT2D eigenvalue weighted by Gasteiger charge is 2.18. The molecule has 17 heavy (non-hydrogen) atoms. The van der Waals surface area contributed by atoms with Gasteiger partial charge in [-0.1, -0.05) is 33.9 Å². The van der Waals surface area contributed by atoms with Gasteiger partial charge in [0.1, 0.15) is 5.60 Å². The SMILES string of the molecule is C=C(CC(C)(C)C)C(=C)NC(=O)OC(C)(C)C. The summed E-state index contributed by atoms with van der Waals surface area (Å²) in [5.74, 6) is 0. The average Bonchev–Trinajstić information content (AvgIpc) is 1.95. The fraction of sp³-hybridized carbons (Fsp3) is 0.643. The van der Waals surface area contributed by atoms with Crippen LogP contribution in [0.1, 0.15) is 48.0 Å². The Morgan fingerprint density at radius 1 is 1.12 bits per heavy atom. The smallest absolute Gasteiger partial charge is 0.412 e. The molecule has 3 nitrogen and oxygen atoms in total. The van der Waals surface area contributed by atoms with E-state index in [0.29, 0.717) is 5.70 Å². The highest BCUT2D eigenvalue weighted by atomic mass is 16.6. The minimum atomic E-state index is -0.504. The van der Waals surface area contributed by atoms with E-state index in [2.05, 4.69) is 39.2 Å². The van der Waals surface area contributed by atoms with Crippen molar-refractivity contribution in [2.75, 3.05) is 0 Å². The van der Waals surface area contributed by atoms with E-state index in [1.165, 1.54) is 0 Å². The molecule has 0 aliphatic heterocycles. The third kappa shape index (κ3) is 8.55. The molecule has 0 aromatic heterocycles. The lowest BCUT2D eigenvalue weighted by Gasteiger charge is -2.23. The van der Waals surface area contributed by atoms with Gasteiger partial charge in [-0.05, 0) is 38.2 Å². The Balaban J connectivity index is 4.28. The number of ether oxygens (including phenoxy) is 1. The van der Waals surface area contributed by atoms with Gasteiger partial charge in [-0.25, -0.2) is 4.79 Å². The maximum atomic E-state index is 11.5. The quantitative estimate of drug-likeness (QED) is 0.755. The summed E-state index contributed by atoms with van der Waals surface area (Å²) in [4.78, 5) is 11.5. The molecule has 0 saturated heterocycles. The number of amides is 1. The number of alkyl carbamates (subject to hydrolysis) is 1. The summed E-state index contributed by atoms with van der Waals surface area (Å²) in [5, 5.41) is 2.60. The van der Waals surface area contributed by atoms with Crippen LogP contribution in [0, 0.1) is 5.41 Å². The molecule has 0 aliphatic carbocycles. The van der Waals surface area contributed by atoms with Crippen LogP contribution in [0.15, 0.2) is 24.4 Å². The molecule has 0 bridgehead atoms. The third-order valence-electron chi connectivity index (χ3n) is 1.82. The minimum absolute atomic E-state index is 0.121. The fourth-order valence-electron chi connectivity index (χ4n) is 1.26. The van der Waals surface area contributed by atoms with Crippen LogP contribution >= 0.6 is 0 Å². The van der Waals surface area contributed by atoms with E-state index in [4.69, 9.17) is 4.74 Å². The van der Waals surface area contributed by atoms with E-state index in [9.17, 15) is 4.79 Å². The minimum Gasteiger partial charge on any atom is -0.444 e. The van der Waals surface area contributed by atoms with Crippen LogP contribution in [-0.2, 0) is 4.74 Å². The summed E-state index contributed by atoms with van der Waals surface area (Å²) in [6.07, 6.45) is 0.291. The Hall–Kier alpha value is -1.25. The van der Waals surface area contributed by atoms with Gasteiger partial charge in [0.25, 0.3) is 0 Å². The van der Waals surface area contributed by atoms with E-state index in [1.54, 1.807) is 0 Å². The molecule has 0 spiro atoms. The predicted octanol–water partition coefficient (Wildman–Crippen LogP) is 4.02. The van der Waals surface area contributed by atoms with Crippen LogP contribution in [0.25, 0.3) is 0 Å². The van der Waals surface area contributed by atoms with Crippen molar-refractivity contribution in [1.29, 1.82) is 0 Å². The van der Waals surface area contributed by atoms with Crippen molar-refractivity contribution in [2.24, 2.45) is 5.41 Å². The summed E-state index contributed by atoms with van der Waals surface area (Å²) >= 11 is 0. The van der Waals surface area contributed by atoms with Crippen molar-refractivity contribution < 1.29 is 9.53 Å². The Bertz CT molecular complexity index is 316. The number of hydrogen-bond donors (Lipinski definition) is 1. The fourth-order valence-corrected chi connectivity index (χ4v) is 1.26. The van der Waals surface area contributed by atoms with Crippen LogP contribution in [0.4, 0.5) is 4.79 Å². The Morgan fingerprint density at radius 3 is 1.94 bits per heavy atom. The van der Waals surface area contributed by atoms with Gasteiger partial charge >= 0.3 is 6.09 Å². The zero-order chi connectivity index (χ0) is 13.9. The van der Waals surface area contributed by atoms with Crippen molar-refractivity contribution >= 4 is 6.09 Å². The Labute approximate surface area is 105 Å². The van der Waals surface area contributed by atoms with Gasteiger partial charge < -0.3 is 4.74 Å². The van der Waals surface area contributed by atoms with Gasteiger partial charge in [-0.2, -0.15) is 0 Å². The lowest BCUT2D eigenvalue weighted by Crippen LogP contribution is -2.32. The van der Waals surface area contributed by atoms with Crippen LogP contribution < -0.4 is 5.32 Å². The first-order valence-electron chi connectivity index (χ1n) is 5.78. The largest absolute Gasteiger partial charge is 0.444 e. The van der Waals surface area contributed by atoms with E-state index >= 15 is 0 Å². The number of nitrogens with one attached hydrogen (secondary N) is 1. The number of carbonyl (C=O) groups excluding carboxylic acids is 1. The Kier molecular flexibility index (Phi) is 4.99. The van der Waals surface area contributed by atoms with Crippen LogP contribution in [0.5, 0.6) is 0 Å². The molecule has 0 saturated carbocycles. The van der Waals surface area contributed by atoms with Crippen LogP contribution in [-0.4, -0.2) is 11.7 Å². The molecular formula is C14H25NO2. The first-order chi connectivity index (χ1) is 7.41. The summed E-state index contributed by atoms with van der Waals surface area (Å²) in [5.41, 5.74) is 0.961. The molecule has 0 radical (unpaired) electrons. The van der Waals surface area contributed by atoms with Crippen molar-refractivity contribution in [3.63, 3.8) is 0 Å².